The summed E-state index contributed by atoms with van der Waals surface area (Å²) in [6, 6.07) is 1.64. The van der Waals surface area contributed by atoms with Crippen molar-refractivity contribution in [2.75, 3.05) is 27.2 Å². The number of alkyl halides is 3. The molecule has 0 aliphatic carbocycles. The van der Waals surface area contributed by atoms with E-state index in [2.05, 4.69) is 45.4 Å². The van der Waals surface area contributed by atoms with Crippen LogP contribution in [0, 0.1) is 0 Å². The highest BCUT2D eigenvalue weighted by molar-refractivity contribution is 5.90. The fraction of sp³-hybridized carbons (Fsp3) is 0.360. The van der Waals surface area contributed by atoms with Gasteiger partial charge < -0.3 is 15.5 Å². The first kappa shape index (κ1) is 28.5. The van der Waals surface area contributed by atoms with E-state index in [1.165, 1.54) is 23.2 Å². The molecular weight excluding hydrogens is 471 g/mol. The van der Waals surface area contributed by atoms with E-state index in [-0.39, 0.29) is 35.4 Å². The number of carbonyl (C=O) groups excluding carboxylic acids is 1. The minimum Gasteiger partial charge on any atom is -0.383 e. The molecule has 1 amide bonds. The SMILES string of the molecule is C=Cc1c(C(=C)NC(C)CCN(C)C)cc(/C=C/CNC(=O)c2ncn(C)n2)nc1C(=C)C(F)(F)F. The number of pyridine rings is 1. The number of hydrogen-bond donors (Lipinski definition) is 2. The van der Waals surface area contributed by atoms with Gasteiger partial charge in [0.2, 0.25) is 5.82 Å². The van der Waals surface area contributed by atoms with E-state index in [0.717, 1.165) is 13.0 Å². The summed E-state index contributed by atoms with van der Waals surface area (Å²) in [6.07, 6.45) is 1.92. The minimum atomic E-state index is -4.68. The average Bonchev–Trinajstić information content (AvgIpc) is 3.24. The summed E-state index contributed by atoms with van der Waals surface area (Å²) in [5, 5.41) is 9.78. The van der Waals surface area contributed by atoms with Gasteiger partial charge in [0, 0.05) is 36.5 Å². The number of allylic oxidation sites excluding steroid dienone is 1. The van der Waals surface area contributed by atoms with Crippen LogP contribution in [0.1, 0.15) is 46.5 Å². The first-order valence-electron chi connectivity index (χ1n) is 11.2. The zero-order valence-corrected chi connectivity index (χ0v) is 21.0. The molecule has 1 atom stereocenters. The molecule has 0 radical (unpaired) electrons. The Bertz CT molecular complexity index is 1150. The Morgan fingerprint density at radius 1 is 1.31 bits per heavy atom. The van der Waals surface area contributed by atoms with Crippen LogP contribution in [-0.4, -0.2) is 70.0 Å². The van der Waals surface area contributed by atoms with E-state index in [0.29, 0.717) is 11.3 Å². The van der Waals surface area contributed by atoms with Crippen molar-refractivity contribution in [3.05, 3.63) is 66.5 Å². The average molecular weight is 504 g/mol. The number of hydrogen-bond acceptors (Lipinski definition) is 6. The molecule has 1 unspecified atom stereocenters. The lowest BCUT2D eigenvalue weighted by Crippen LogP contribution is -2.28. The van der Waals surface area contributed by atoms with Gasteiger partial charge in [-0.1, -0.05) is 31.9 Å². The highest BCUT2D eigenvalue weighted by Gasteiger charge is 2.35. The van der Waals surface area contributed by atoms with Crippen LogP contribution >= 0.6 is 0 Å². The highest BCUT2D eigenvalue weighted by atomic mass is 19.4. The molecule has 2 heterocycles. The third-order valence-electron chi connectivity index (χ3n) is 5.14. The summed E-state index contributed by atoms with van der Waals surface area (Å²) in [5.41, 5.74) is -0.124. The van der Waals surface area contributed by atoms with E-state index >= 15 is 0 Å². The second-order valence-corrected chi connectivity index (χ2v) is 8.51. The monoisotopic (exact) mass is 503 g/mol. The number of amides is 1. The molecule has 2 aromatic rings. The van der Waals surface area contributed by atoms with Crippen LogP contribution in [0.4, 0.5) is 13.2 Å². The molecule has 2 rings (SSSR count). The van der Waals surface area contributed by atoms with Gasteiger partial charge in [-0.25, -0.2) is 9.97 Å². The van der Waals surface area contributed by atoms with Crippen LogP contribution < -0.4 is 10.6 Å². The maximum Gasteiger partial charge on any atom is 0.417 e. The smallest absolute Gasteiger partial charge is 0.383 e. The molecule has 0 bridgehead atoms. The molecule has 0 aliphatic heterocycles. The van der Waals surface area contributed by atoms with Gasteiger partial charge in [0.15, 0.2) is 0 Å². The van der Waals surface area contributed by atoms with Crippen molar-refractivity contribution < 1.29 is 18.0 Å². The standard InChI is InChI=1S/C25H32F3N7O/c1-8-20-21(18(4)31-16(2)11-13-34(5)6)14-19(32-22(20)17(3)25(26,27)28)10-9-12-29-24(36)23-30-15-35(7)33-23/h8-10,14-16,31H,1,3-4,11-13H2,2,5-7H3,(H,29,36)/b10-9+. The second kappa shape index (κ2) is 12.3. The molecule has 0 aromatic carbocycles. The molecule has 11 heteroatoms. The minimum absolute atomic E-state index is 0.0103. The van der Waals surface area contributed by atoms with E-state index in [4.69, 9.17) is 0 Å². The third kappa shape index (κ3) is 7.91. The lowest BCUT2D eigenvalue weighted by molar-refractivity contribution is -0.0689. The highest BCUT2D eigenvalue weighted by Crippen LogP contribution is 2.36. The van der Waals surface area contributed by atoms with Gasteiger partial charge in [0.05, 0.1) is 17.0 Å². The third-order valence-corrected chi connectivity index (χ3v) is 5.14. The van der Waals surface area contributed by atoms with Gasteiger partial charge in [-0.3, -0.25) is 9.48 Å². The van der Waals surface area contributed by atoms with Crippen LogP contribution in [0.15, 0.2) is 38.2 Å². The summed E-state index contributed by atoms with van der Waals surface area (Å²) in [5.74, 6) is -0.470. The Balaban J connectivity index is 2.33. The van der Waals surface area contributed by atoms with Gasteiger partial charge in [-0.05, 0) is 46.1 Å². The molecule has 36 heavy (non-hydrogen) atoms. The fourth-order valence-electron chi connectivity index (χ4n) is 3.23. The zero-order valence-electron chi connectivity index (χ0n) is 21.0. The molecule has 0 saturated heterocycles. The summed E-state index contributed by atoms with van der Waals surface area (Å²) in [6.45, 7) is 13.9. The molecule has 0 fully saturated rings. The van der Waals surface area contributed by atoms with E-state index in [1.54, 1.807) is 19.2 Å². The Kier molecular flexibility index (Phi) is 9.74. The summed E-state index contributed by atoms with van der Waals surface area (Å²) in [7, 11) is 5.56. The maximum atomic E-state index is 13.6. The lowest BCUT2D eigenvalue weighted by atomic mass is 9.97. The van der Waals surface area contributed by atoms with Crippen LogP contribution in [0.5, 0.6) is 0 Å². The lowest BCUT2D eigenvalue weighted by Gasteiger charge is -2.22. The van der Waals surface area contributed by atoms with Crippen molar-refractivity contribution in [3.8, 4) is 0 Å². The molecule has 0 spiro atoms. The molecule has 2 N–H and O–H groups in total. The van der Waals surface area contributed by atoms with Gasteiger partial charge >= 0.3 is 6.18 Å². The number of rotatable bonds is 12. The van der Waals surface area contributed by atoms with Gasteiger partial charge in [-0.2, -0.15) is 13.2 Å². The molecular formula is C25H32F3N7O. The van der Waals surface area contributed by atoms with E-state index in [9.17, 15) is 18.0 Å². The topological polar surface area (TPSA) is 88.0 Å². The van der Waals surface area contributed by atoms with Gasteiger partial charge in [-0.15, -0.1) is 5.10 Å². The predicted molar refractivity (Wildman–Crippen MR) is 137 cm³/mol. The number of halogens is 3. The van der Waals surface area contributed by atoms with Gasteiger partial charge in [0.1, 0.15) is 6.33 Å². The molecule has 0 aliphatic rings. The van der Waals surface area contributed by atoms with E-state index < -0.39 is 17.7 Å². The quantitative estimate of drug-likeness (QED) is 0.459. The number of nitrogens with zero attached hydrogens (tertiary/aromatic N) is 5. The van der Waals surface area contributed by atoms with Crippen molar-refractivity contribution in [1.82, 2.24) is 35.3 Å². The predicted octanol–water partition coefficient (Wildman–Crippen LogP) is 3.77. The number of nitrogens with one attached hydrogen (secondary N) is 2. The largest absolute Gasteiger partial charge is 0.417 e. The summed E-state index contributed by atoms with van der Waals surface area (Å²) in [4.78, 5) is 22.2. The van der Waals surface area contributed by atoms with Gasteiger partial charge in [0.25, 0.3) is 5.91 Å². The number of carbonyl (C=O) groups is 1. The zero-order chi connectivity index (χ0) is 27.0. The normalized spacial score (nSPS) is 12.6. The van der Waals surface area contributed by atoms with Crippen LogP contribution in [-0.2, 0) is 7.05 Å². The van der Waals surface area contributed by atoms with Crippen molar-refractivity contribution in [1.29, 1.82) is 0 Å². The Labute approximate surface area is 209 Å². The van der Waals surface area contributed by atoms with Crippen LogP contribution in [0.3, 0.4) is 0 Å². The molecule has 0 saturated carbocycles. The van der Waals surface area contributed by atoms with Crippen LogP contribution in [0.25, 0.3) is 23.4 Å². The Morgan fingerprint density at radius 2 is 2.00 bits per heavy atom. The second-order valence-electron chi connectivity index (χ2n) is 8.51. The van der Waals surface area contributed by atoms with E-state index in [1.807, 2.05) is 25.9 Å². The van der Waals surface area contributed by atoms with Crippen molar-refractivity contribution in [3.63, 3.8) is 0 Å². The summed E-state index contributed by atoms with van der Waals surface area (Å²) >= 11 is 0. The first-order valence-corrected chi connectivity index (χ1v) is 11.2. The first-order chi connectivity index (χ1) is 16.8. The Morgan fingerprint density at radius 3 is 2.56 bits per heavy atom. The fourth-order valence-corrected chi connectivity index (χ4v) is 3.23. The molecule has 8 nitrogen and oxygen atoms in total. The maximum absolute atomic E-state index is 13.6. The van der Waals surface area contributed by atoms with Crippen LogP contribution in [0.2, 0.25) is 0 Å². The molecule has 2 aromatic heterocycles. The number of aryl methyl sites for hydroxylation is 1. The van der Waals surface area contributed by atoms with Crippen molar-refractivity contribution in [2.45, 2.75) is 25.6 Å². The van der Waals surface area contributed by atoms with Crippen molar-refractivity contribution >= 4 is 29.3 Å². The molecule has 194 valence electrons. The number of aromatic nitrogens is 4. The van der Waals surface area contributed by atoms with Crippen molar-refractivity contribution in [2.24, 2.45) is 7.05 Å². The Hall–Kier alpha value is -3.73. The summed E-state index contributed by atoms with van der Waals surface area (Å²) < 4.78 is 42.1.